The van der Waals surface area contributed by atoms with Gasteiger partial charge >= 0.3 is 11.9 Å². The summed E-state index contributed by atoms with van der Waals surface area (Å²) in [6.45, 7) is 5.59. The molecule has 7 heteroatoms. The molecule has 68 heavy (non-hydrogen) atoms. The summed E-state index contributed by atoms with van der Waals surface area (Å²) in [5.74, 6) is -2.34. The Morgan fingerprint density at radius 2 is 0.882 bits per heavy atom. The summed E-state index contributed by atoms with van der Waals surface area (Å²) < 4.78 is 16.2. The van der Waals surface area contributed by atoms with Gasteiger partial charge < -0.3 is 9.47 Å². The van der Waals surface area contributed by atoms with Gasteiger partial charge in [-0.3, -0.25) is 4.79 Å². The van der Waals surface area contributed by atoms with Gasteiger partial charge in [0.05, 0.1) is 11.3 Å². The van der Waals surface area contributed by atoms with E-state index in [0.717, 1.165) is 31.2 Å². The molecule has 3 heterocycles. The Bertz CT molecular complexity index is 1870. The molecule has 0 amide bonds. The number of hydrogen-bond donors (Lipinski definition) is 0. The maximum Gasteiger partial charge on any atom is 0.337 e. The van der Waals surface area contributed by atoms with Crippen molar-refractivity contribution in [2.24, 2.45) is 10.9 Å². The standard InChI is InChI=1S/C61H91N3O4/c1-3-5-7-9-11-13-15-17-19-21-23-25-27-29-31-42-50-67-60(65)58-55(52-63-46-38-34-39-47-63)62-56(53-64-48-40-35-41-49-64)59(57(58)54-44-36-33-37-45-54)61(66)68-51-43-32-30-28-26-24-22-20-18-16-14-12-10-8-6-4-2/h31-49,57-58H,3-30,50-53H2,1-2H3/q+2. The third-order valence-corrected chi connectivity index (χ3v) is 13.4. The highest BCUT2D eigenvalue weighted by Gasteiger charge is 2.46. The van der Waals surface area contributed by atoms with Crippen LogP contribution in [0.3, 0.4) is 0 Å². The van der Waals surface area contributed by atoms with Crippen molar-refractivity contribution in [2.45, 2.75) is 213 Å². The third-order valence-electron chi connectivity index (χ3n) is 13.4. The number of unbranched alkanes of at least 4 members (excludes halogenated alkanes) is 26. The Labute approximate surface area is 413 Å². The zero-order chi connectivity index (χ0) is 48.0. The Morgan fingerprint density at radius 3 is 1.34 bits per heavy atom. The van der Waals surface area contributed by atoms with Crippen LogP contribution in [-0.4, -0.2) is 30.9 Å². The van der Waals surface area contributed by atoms with Gasteiger partial charge in [0.25, 0.3) is 0 Å². The van der Waals surface area contributed by atoms with Gasteiger partial charge in [-0.05, 0) is 31.2 Å². The fourth-order valence-electron chi connectivity index (χ4n) is 9.43. The highest BCUT2D eigenvalue weighted by molar-refractivity contribution is 6.07. The molecule has 0 aliphatic carbocycles. The Kier molecular flexibility index (Phi) is 30.7. The van der Waals surface area contributed by atoms with Gasteiger partial charge in [-0.15, -0.1) is 0 Å². The van der Waals surface area contributed by atoms with Crippen LogP contribution in [0, 0.1) is 5.92 Å². The molecule has 0 bridgehead atoms. The van der Waals surface area contributed by atoms with Crippen molar-refractivity contribution in [2.75, 3.05) is 13.2 Å². The largest absolute Gasteiger partial charge is 0.461 e. The maximum atomic E-state index is 14.6. The number of esters is 2. The molecule has 4 rings (SSSR count). The molecule has 0 spiro atoms. The first-order valence-electron chi connectivity index (χ1n) is 27.5. The number of aliphatic imine (C=N–C) groups is 1. The second-order valence-electron chi connectivity index (χ2n) is 19.2. The molecule has 1 aromatic carbocycles. The summed E-state index contributed by atoms with van der Waals surface area (Å²) >= 11 is 0. The molecule has 7 nitrogen and oxygen atoms in total. The average Bonchev–Trinajstić information content (AvgIpc) is 3.36. The van der Waals surface area contributed by atoms with Crippen LogP contribution in [0.15, 0.2) is 132 Å². The molecular weight excluding hydrogens is 839 g/mol. The van der Waals surface area contributed by atoms with Crippen molar-refractivity contribution in [3.63, 3.8) is 0 Å². The molecule has 3 aromatic rings. The molecular formula is C61H91N3O4+2. The lowest BCUT2D eigenvalue weighted by molar-refractivity contribution is -0.689. The van der Waals surface area contributed by atoms with Crippen molar-refractivity contribution < 1.29 is 28.2 Å². The fourth-order valence-corrected chi connectivity index (χ4v) is 9.43. The predicted molar refractivity (Wildman–Crippen MR) is 281 cm³/mol. The van der Waals surface area contributed by atoms with E-state index in [9.17, 15) is 9.59 Å². The van der Waals surface area contributed by atoms with Crippen molar-refractivity contribution in [3.05, 3.63) is 133 Å². The molecule has 0 N–H and O–H groups in total. The summed E-state index contributed by atoms with van der Waals surface area (Å²) in [6.07, 6.45) is 52.7. The first-order valence-corrected chi connectivity index (χ1v) is 27.5. The summed E-state index contributed by atoms with van der Waals surface area (Å²) in [5, 5.41) is 0. The van der Waals surface area contributed by atoms with Gasteiger partial charge in [0.2, 0.25) is 0 Å². The minimum atomic E-state index is -0.835. The number of carbonyl (C=O) groups excluding carboxylic acids is 2. The second-order valence-corrected chi connectivity index (χ2v) is 19.2. The number of ether oxygens (including phenoxy) is 2. The topological polar surface area (TPSA) is 72.7 Å². The van der Waals surface area contributed by atoms with E-state index >= 15 is 0 Å². The molecule has 2 atom stereocenters. The van der Waals surface area contributed by atoms with Crippen LogP contribution < -0.4 is 9.13 Å². The second kappa shape index (κ2) is 37.3. The Balaban J connectivity index is 1.37. The van der Waals surface area contributed by atoms with E-state index in [1.807, 2.05) is 113 Å². The number of pyridine rings is 2. The molecule has 372 valence electrons. The van der Waals surface area contributed by atoms with Gasteiger partial charge in [-0.2, -0.15) is 9.13 Å². The number of rotatable bonds is 39. The van der Waals surface area contributed by atoms with Gasteiger partial charge in [0, 0.05) is 30.2 Å². The van der Waals surface area contributed by atoms with E-state index in [1.165, 1.54) is 154 Å². The van der Waals surface area contributed by atoms with E-state index in [-0.39, 0.29) is 13.2 Å². The number of hydrogen-bond acceptors (Lipinski definition) is 5. The molecule has 2 unspecified atom stereocenters. The SMILES string of the molecule is CCCCCCCCCCCCCCCC=CCOC(=O)C1=C(C[n+]2ccccc2)N=C(C[n+]2ccccc2)C(C(=O)OCC=CCCCCCCCCCCCCCCC)C1c1ccccc1. The molecule has 1 aliphatic rings. The van der Waals surface area contributed by atoms with Crippen LogP contribution in [0.4, 0.5) is 0 Å². The highest BCUT2D eigenvalue weighted by Crippen LogP contribution is 2.40. The zero-order valence-electron chi connectivity index (χ0n) is 42.7. The van der Waals surface area contributed by atoms with E-state index in [1.54, 1.807) is 0 Å². The maximum absolute atomic E-state index is 14.6. The van der Waals surface area contributed by atoms with E-state index in [2.05, 4.69) is 26.0 Å². The summed E-state index contributed by atoms with van der Waals surface area (Å²) in [7, 11) is 0. The lowest BCUT2D eigenvalue weighted by Crippen LogP contribution is -2.47. The van der Waals surface area contributed by atoms with Crippen molar-refractivity contribution in [1.82, 2.24) is 0 Å². The molecule has 0 saturated carbocycles. The first kappa shape index (κ1) is 55.9. The van der Waals surface area contributed by atoms with Crippen LogP contribution >= 0.6 is 0 Å². The fraction of sp³-hybridized carbons (Fsp3) is 0.590. The molecule has 1 aliphatic heterocycles. The monoisotopic (exact) mass is 930 g/mol. The number of allylic oxidation sites excluding steroid dienone is 3. The zero-order valence-corrected chi connectivity index (χ0v) is 42.7. The lowest BCUT2D eigenvalue weighted by atomic mass is 9.75. The minimum absolute atomic E-state index is 0.156. The lowest BCUT2D eigenvalue weighted by Gasteiger charge is -2.31. The van der Waals surface area contributed by atoms with Crippen LogP contribution in [-0.2, 0) is 32.2 Å². The van der Waals surface area contributed by atoms with Crippen LogP contribution in [0.2, 0.25) is 0 Å². The number of nitrogens with zero attached hydrogens (tertiary/aromatic N) is 3. The number of carbonyl (C=O) groups is 2. The smallest absolute Gasteiger partial charge is 0.337 e. The Hall–Kier alpha value is -4.65. The van der Waals surface area contributed by atoms with E-state index in [0.29, 0.717) is 30.1 Å². The van der Waals surface area contributed by atoms with Crippen LogP contribution in [0.5, 0.6) is 0 Å². The quantitative estimate of drug-likeness (QED) is 0.0247. The van der Waals surface area contributed by atoms with Crippen LogP contribution in [0.25, 0.3) is 0 Å². The summed E-state index contributed by atoms with van der Waals surface area (Å²) in [4.78, 5) is 34.3. The van der Waals surface area contributed by atoms with Gasteiger partial charge in [0.15, 0.2) is 37.9 Å². The summed E-state index contributed by atoms with van der Waals surface area (Å²) in [6, 6.07) is 21.7. The normalized spacial score (nSPS) is 15.1. The van der Waals surface area contributed by atoms with Crippen molar-refractivity contribution in [3.8, 4) is 0 Å². The molecule has 0 saturated heterocycles. The van der Waals surface area contributed by atoms with E-state index < -0.39 is 23.8 Å². The van der Waals surface area contributed by atoms with Crippen LogP contribution in [0.1, 0.15) is 205 Å². The average molecular weight is 930 g/mol. The predicted octanol–water partition coefficient (Wildman–Crippen LogP) is 15.2. The highest BCUT2D eigenvalue weighted by atomic mass is 16.5. The van der Waals surface area contributed by atoms with Gasteiger partial charge in [0.1, 0.15) is 24.8 Å². The van der Waals surface area contributed by atoms with E-state index in [4.69, 9.17) is 14.5 Å². The Morgan fingerprint density at radius 1 is 0.485 bits per heavy atom. The number of benzene rings is 1. The van der Waals surface area contributed by atoms with Crippen molar-refractivity contribution in [1.29, 1.82) is 0 Å². The van der Waals surface area contributed by atoms with Crippen molar-refractivity contribution >= 4 is 17.7 Å². The third kappa shape index (κ3) is 23.6. The summed E-state index contributed by atoms with van der Waals surface area (Å²) in [5.41, 5.74) is 2.48. The molecule has 0 radical (unpaired) electrons. The molecule has 0 fully saturated rings. The molecule has 2 aromatic heterocycles. The van der Waals surface area contributed by atoms with Gasteiger partial charge in [-0.25, -0.2) is 9.79 Å². The minimum Gasteiger partial charge on any atom is -0.461 e. The first-order chi connectivity index (χ1) is 33.6. The van der Waals surface area contributed by atoms with Gasteiger partial charge in [-0.1, -0.05) is 235 Å². The number of aromatic nitrogens is 2.